The van der Waals surface area contributed by atoms with Crippen LogP contribution in [-0.4, -0.2) is 54.6 Å². The first-order valence-electron chi connectivity index (χ1n) is 11.2. The number of fused-ring (bicyclic) bond motifs is 1. The predicted molar refractivity (Wildman–Crippen MR) is 128 cm³/mol. The van der Waals surface area contributed by atoms with Crippen molar-refractivity contribution in [3.05, 3.63) is 66.4 Å². The van der Waals surface area contributed by atoms with Crippen LogP contribution in [0.5, 0.6) is 5.75 Å². The lowest BCUT2D eigenvalue weighted by atomic mass is 10.1. The van der Waals surface area contributed by atoms with Crippen LogP contribution in [0.3, 0.4) is 0 Å². The lowest BCUT2D eigenvalue weighted by molar-refractivity contribution is -0.131. The smallest absolute Gasteiger partial charge is 0.328 e. The molecule has 8 heteroatoms. The first-order valence-corrected chi connectivity index (χ1v) is 12.6. The largest absolute Gasteiger partial charge is 0.494 e. The zero-order valence-corrected chi connectivity index (χ0v) is 19.2. The number of piperidine rings is 1. The van der Waals surface area contributed by atoms with Crippen molar-refractivity contribution in [1.29, 1.82) is 0 Å². The van der Waals surface area contributed by atoms with Crippen molar-refractivity contribution < 1.29 is 23.1 Å². The van der Waals surface area contributed by atoms with Crippen LogP contribution in [0.4, 0.5) is 0 Å². The quantitative estimate of drug-likeness (QED) is 0.373. The zero-order chi connectivity index (χ0) is 23.3. The van der Waals surface area contributed by atoms with E-state index in [9.17, 15) is 13.2 Å². The molecule has 1 fully saturated rings. The van der Waals surface area contributed by atoms with Crippen LogP contribution in [0.15, 0.2) is 65.7 Å². The molecule has 3 aromatic rings. The van der Waals surface area contributed by atoms with Gasteiger partial charge in [-0.2, -0.15) is 0 Å². The fraction of sp³-hybridized carbons (Fsp3) is 0.320. The highest BCUT2D eigenvalue weighted by Gasteiger charge is 2.19. The molecule has 0 atom stereocenters. The van der Waals surface area contributed by atoms with E-state index < -0.39 is 16.0 Å². The summed E-state index contributed by atoms with van der Waals surface area (Å²) < 4.78 is 33.5. The van der Waals surface area contributed by atoms with Crippen molar-refractivity contribution in [3.63, 3.8) is 0 Å². The van der Waals surface area contributed by atoms with Gasteiger partial charge in [0.1, 0.15) is 5.75 Å². The maximum absolute atomic E-state index is 13.1. The number of hydrogen-bond donors (Lipinski definition) is 1. The monoisotopic (exact) mass is 468 g/mol. The van der Waals surface area contributed by atoms with E-state index >= 15 is 0 Å². The van der Waals surface area contributed by atoms with Crippen LogP contribution in [0.2, 0.25) is 0 Å². The van der Waals surface area contributed by atoms with Crippen LogP contribution < -0.4 is 4.74 Å². The summed E-state index contributed by atoms with van der Waals surface area (Å²) in [5.41, 5.74) is 1.18. The molecule has 0 aliphatic carbocycles. The van der Waals surface area contributed by atoms with Gasteiger partial charge in [0.15, 0.2) is 0 Å². The van der Waals surface area contributed by atoms with Crippen molar-refractivity contribution in [2.24, 2.45) is 0 Å². The minimum Gasteiger partial charge on any atom is -0.494 e. The molecule has 4 rings (SSSR count). The molecule has 1 aromatic heterocycles. The van der Waals surface area contributed by atoms with Crippen molar-refractivity contribution >= 4 is 33.0 Å². The highest BCUT2D eigenvalue weighted by Crippen LogP contribution is 2.26. The second-order valence-electron chi connectivity index (χ2n) is 8.18. The molecule has 2 heterocycles. The molecule has 7 nitrogen and oxygen atoms in total. The molecule has 0 radical (unpaired) electrons. The third kappa shape index (κ3) is 5.64. The summed E-state index contributed by atoms with van der Waals surface area (Å²) >= 11 is 0. The second kappa shape index (κ2) is 10.2. The Morgan fingerprint density at radius 2 is 1.79 bits per heavy atom. The van der Waals surface area contributed by atoms with Gasteiger partial charge in [0.05, 0.1) is 17.0 Å². The molecule has 1 aliphatic rings. The van der Waals surface area contributed by atoms with Gasteiger partial charge in [0, 0.05) is 24.2 Å². The van der Waals surface area contributed by atoms with Crippen LogP contribution in [0, 0.1) is 0 Å². The number of carboxylic acids is 1. The lowest BCUT2D eigenvalue weighted by Gasteiger charge is -2.26. The number of nitrogens with zero attached hydrogens (tertiary/aromatic N) is 2. The maximum Gasteiger partial charge on any atom is 0.328 e. The summed E-state index contributed by atoms with van der Waals surface area (Å²) in [5.74, 6) is -0.332. The molecule has 1 saturated heterocycles. The Bertz CT molecular complexity index is 1240. The Kier molecular flexibility index (Phi) is 7.15. The summed E-state index contributed by atoms with van der Waals surface area (Å²) in [6.07, 6.45) is 8.82. The SMILES string of the molecule is O=C(O)/C=C/c1ccc(S(=O)(=O)n2ccc3cc(OCCCN4CCCCC4)ccc32)cc1. The molecule has 0 saturated carbocycles. The second-order valence-corrected chi connectivity index (χ2v) is 10.00. The minimum absolute atomic E-state index is 0.130. The number of ether oxygens (including phenoxy) is 1. The highest BCUT2D eigenvalue weighted by molar-refractivity contribution is 7.90. The molecule has 1 aliphatic heterocycles. The lowest BCUT2D eigenvalue weighted by Crippen LogP contribution is -2.31. The van der Waals surface area contributed by atoms with E-state index in [0.29, 0.717) is 17.7 Å². The van der Waals surface area contributed by atoms with Gasteiger partial charge in [-0.15, -0.1) is 0 Å². The fourth-order valence-corrected chi connectivity index (χ4v) is 5.44. The summed E-state index contributed by atoms with van der Waals surface area (Å²) in [4.78, 5) is 13.3. The molecular formula is C25H28N2O5S. The van der Waals surface area contributed by atoms with Crippen molar-refractivity contribution in [3.8, 4) is 5.75 Å². The number of carboxylic acid groups (broad SMARTS) is 1. The summed E-state index contributed by atoms with van der Waals surface area (Å²) in [6.45, 7) is 4.02. The van der Waals surface area contributed by atoms with Gasteiger partial charge >= 0.3 is 5.97 Å². The van der Waals surface area contributed by atoms with Crippen LogP contribution >= 0.6 is 0 Å². The van der Waals surface area contributed by atoms with E-state index in [1.807, 2.05) is 6.07 Å². The van der Waals surface area contributed by atoms with Crippen LogP contribution in [-0.2, 0) is 14.8 Å². The number of aliphatic carboxylic acids is 1. The molecule has 33 heavy (non-hydrogen) atoms. The number of aromatic nitrogens is 1. The molecule has 0 spiro atoms. The minimum atomic E-state index is -3.79. The molecule has 1 N–H and O–H groups in total. The Morgan fingerprint density at radius 3 is 2.52 bits per heavy atom. The molecule has 0 bridgehead atoms. The molecule has 0 amide bonds. The van der Waals surface area contributed by atoms with Crippen LogP contribution in [0.1, 0.15) is 31.2 Å². The van der Waals surface area contributed by atoms with Gasteiger partial charge in [0.25, 0.3) is 10.0 Å². The third-order valence-electron chi connectivity index (χ3n) is 5.82. The zero-order valence-electron chi connectivity index (χ0n) is 18.4. The van der Waals surface area contributed by atoms with Crippen LogP contribution in [0.25, 0.3) is 17.0 Å². The first-order chi connectivity index (χ1) is 15.9. The Hall–Kier alpha value is -3.10. The van der Waals surface area contributed by atoms with Gasteiger partial charge in [-0.1, -0.05) is 18.6 Å². The summed E-state index contributed by atoms with van der Waals surface area (Å²) in [7, 11) is -3.79. The normalized spacial score (nSPS) is 15.3. The van der Waals surface area contributed by atoms with E-state index in [4.69, 9.17) is 9.84 Å². The van der Waals surface area contributed by atoms with Gasteiger partial charge in [-0.3, -0.25) is 0 Å². The average molecular weight is 469 g/mol. The summed E-state index contributed by atoms with van der Waals surface area (Å²) in [6, 6.07) is 13.3. The van der Waals surface area contributed by atoms with Gasteiger partial charge < -0.3 is 14.7 Å². The summed E-state index contributed by atoms with van der Waals surface area (Å²) in [5, 5.41) is 9.51. The Morgan fingerprint density at radius 1 is 1.03 bits per heavy atom. The third-order valence-corrected chi connectivity index (χ3v) is 7.52. The Labute approximate surface area is 193 Å². The van der Waals surface area contributed by atoms with Crippen molar-refractivity contribution in [2.75, 3.05) is 26.2 Å². The average Bonchev–Trinajstić information content (AvgIpc) is 3.26. The van der Waals surface area contributed by atoms with E-state index in [1.54, 1.807) is 36.5 Å². The standard InChI is InChI=1S/C25H28N2O5S/c28-25(29)12-7-20-5-9-23(10-6-20)33(30,31)27-17-13-21-19-22(8-11-24(21)27)32-18-4-16-26-14-2-1-3-15-26/h5-13,17,19H,1-4,14-16,18H2,(H,28,29)/b12-7+. The number of likely N-dealkylation sites (tertiary alicyclic amines) is 1. The maximum atomic E-state index is 13.1. The van der Waals surface area contributed by atoms with E-state index in [1.165, 1.54) is 54.5 Å². The van der Waals surface area contributed by atoms with Gasteiger partial charge in [0.2, 0.25) is 0 Å². The molecule has 2 aromatic carbocycles. The van der Waals surface area contributed by atoms with Gasteiger partial charge in [-0.25, -0.2) is 17.2 Å². The predicted octanol–water partition coefficient (Wildman–Crippen LogP) is 4.23. The first kappa shape index (κ1) is 23.1. The topological polar surface area (TPSA) is 88.8 Å². The van der Waals surface area contributed by atoms with Crippen molar-refractivity contribution in [2.45, 2.75) is 30.6 Å². The van der Waals surface area contributed by atoms with Gasteiger partial charge in [-0.05, 0) is 80.4 Å². The van der Waals surface area contributed by atoms with E-state index in [-0.39, 0.29) is 4.90 Å². The molecule has 0 unspecified atom stereocenters. The highest BCUT2D eigenvalue weighted by atomic mass is 32.2. The number of carbonyl (C=O) groups is 1. The van der Waals surface area contributed by atoms with E-state index in [2.05, 4.69) is 4.90 Å². The fourth-order valence-electron chi connectivity index (χ4n) is 4.09. The number of benzene rings is 2. The number of rotatable bonds is 9. The molecular weight excluding hydrogens is 440 g/mol. The molecule has 174 valence electrons. The van der Waals surface area contributed by atoms with E-state index in [0.717, 1.165) is 30.2 Å². The number of hydrogen-bond acceptors (Lipinski definition) is 5. The van der Waals surface area contributed by atoms with Crippen molar-refractivity contribution in [1.82, 2.24) is 8.87 Å². The Balaban J connectivity index is 1.43.